The fourth-order valence-corrected chi connectivity index (χ4v) is 2.54. The molecule has 0 saturated carbocycles. The third-order valence-electron chi connectivity index (χ3n) is 3.16. The van der Waals surface area contributed by atoms with Crippen molar-refractivity contribution in [2.75, 3.05) is 13.6 Å². The Bertz CT molecular complexity index is 394. The van der Waals surface area contributed by atoms with Crippen LogP contribution in [0.25, 0.3) is 0 Å². The van der Waals surface area contributed by atoms with Crippen molar-refractivity contribution in [3.63, 3.8) is 0 Å². The lowest BCUT2D eigenvalue weighted by molar-refractivity contribution is 0.0857. The molecular formula is C13H20ClNOS. The first-order valence-corrected chi connectivity index (χ1v) is 6.90. The van der Waals surface area contributed by atoms with Gasteiger partial charge >= 0.3 is 0 Å². The Kier molecular flexibility index (Phi) is 4.76. The van der Waals surface area contributed by atoms with Gasteiger partial charge in [0.1, 0.15) is 0 Å². The largest absolute Gasteiger partial charge is 0.296 e. The monoisotopic (exact) mass is 273 g/mol. The van der Waals surface area contributed by atoms with E-state index in [9.17, 15) is 4.79 Å². The minimum atomic E-state index is 0.139. The maximum Gasteiger partial charge on any atom is 0.186 e. The second kappa shape index (κ2) is 5.51. The summed E-state index contributed by atoms with van der Waals surface area (Å²) >= 11 is 7.18. The SMILES string of the molecule is CC(N(C)CC(=O)c1ccc(Cl)s1)C(C)(C)C. The van der Waals surface area contributed by atoms with Crippen LogP contribution in [0.15, 0.2) is 12.1 Å². The highest BCUT2D eigenvalue weighted by molar-refractivity contribution is 7.18. The highest BCUT2D eigenvalue weighted by Crippen LogP contribution is 2.25. The molecule has 4 heteroatoms. The smallest absolute Gasteiger partial charge is 0.186 e. The van der Waals surface area contributed by atoms with Crippen LogP contribution in [0.5, 0.6) is 0 Å². The van der Waals surface area contributed by atoms with E-state index >= 15 is 0 Å². The number of hydrogen-bond donors (Lipinski definition) is 0. The lowest BCUT2D eigenvalue weighted by atomic mass is 9.87. The van der Waals surface area contributed by atoms with Gasteiger partial charge in [0.2, 0.25) is 0 Å². The van der Waals surface area contributed by atoms with E-state index in [4.69, 9.17) is 11.6 Å². The zero-order chi connectivity index (χ0) is 13.2. The Labute approximate surface area is 113 Å². The Hall–Kier alpha value is -0.380. The van der Waals surface area contributed by atoms with Gasteiger partial charge < -0.3 is 0 Å². The number of halogens is 1. The van der Waals surface area contributed by atoms with E-state index in [2.05, 4.69) is 32.6 Å². The van der Waals surface area contributed by atoms with Crippen molar-refractivity contribution in [3.05, 3.63) is 21.3 Å². The average Bonchev–Trinajstić information content (AvgIpc) is 2.62. The van der Waals surface area contributed by atoms with Crippen LogP contribution in [-0.2, 0) is 0 Å². The summed E-state index contributed by atoms with van der Waals surface area (Å²) in [6.45, 7) is 9.13. The number of thiophene rings is 1. The van der Waals surface area contributed by atoms with Gasteiger partial charge in [0.05, 0.1) is 15.8 Å². The van der Waals surface area contributed by atoms with Crippen LogP contribution in [0, 0.1) is 5.41 Å². The molecule has 0 amide bonds. The number of likely N-dealkylation sites (N-methyl/N-ethyl adjacent to an activating group) is 1. The molecule has 0 radical (unpaired) electrons. The van der Waals surface area contributed by atoms with E-state index in [1.54, 1.807) is 12.1 Å². The van der Waals surface area contributed by atoms with Gasteiger partial charge in [0.15, 0.2) is 5.78 Å². The Morgan fingerprint density at radius 1 is 1.47 bits per heavy atom. The quantitative estimate of drug-likeness (QED) is 0.774. The van der Waals surface area contributed by atoms with Crippen LogP contribution in [0.3, 0.4) is 0 Å². The van der Waals surface area contributed by atoms with Crippen LogP contribution < -0.4 is 0 Å². The van der Waals surface area contributed by atoms with Crippen LogP contribution in [0.1, 0.15) is 37.4 Å². The molecule has 1 aromatic rings. The molecule has 96 valence electrons. The summed E-state index contributed by atoms with van der Waals surface area (Å²) in [5.41, 5.74) is 0.169. The number of Topliss-reactive ketones (excluding diaryl/α,β-unsaturated/α-hetero) is 1. The van der Waals surface area contributed by atoms with E-state index in [-0.39, 0.29) is 11.2 Å². The summed E-state index contributed by atoms with van der Waals surface area (Å²) < 4.78 is 0.667. The molecule has 17 heavy (non-hydrogen) atoms. The third kappa shape index (κ3) is 4.09. The highest BCUT2D eigenvalue weighted by atomic mass is 35.5. The molecule has 1 aromatic heterocycles. The van der Waals surface area contributed by atoms with Gasteiger partial charge in [-0.3, -0.25) is 9.69 Å². The normalized spacial score (nSPS) is 14.1. The van der Waals surface area contributed by atoms with Crippen molar-refractivity contribution >= 4 is 28.7 Å². The average molecular weight is 274 g/mol. The molecule has 2 nitrogen and oxygen atoms in total. The number of carbonyl (C=O) groups excluding carboxylic acids is 1. The van der Waals surface area contributed by atoms with Crippen LogP contribution >= 0.6 is 22.9 Å². The highest BCUT2D eigenvalue weighted by Gasteiger charge is 2.25. The van der Waals surface area contributed by atoms with E-state index in [0.717, 1.165) is 4.88 Å². The second-order valence-corrected chi connectivity index (χ2v) is 7.20. The molecule has 0 aliphatic carbocycles. The molecule has 0 N–H and O–H groups in total. The third-order valence-corrected chi connectivity index (χ3v) is 4.43. The summed E-state index contributed by atoms with van der Waals surface area (Å²) in [6.07, 6.45) is 0. The van der Waals surface area contributed by atoms with Gasteiger partial charge in [-0.25, -0.2) is 0 Å². The van der Waals surface area contributed by atoms with Crippen LogP contribution in [0.2, 0.25) is 4.34 Å². The number of carbonyl (C=O) groups is 1. The molecule has 0 saturated heterocycles. The molecular weight excluding hydrogens is 254 g/mol. The molecule has 0 aliphatic rings. The standard InChI is InChI=1S/C13H20ClNOS/c1-9(13(2,3)4)15(5)8-10(16)11-6-7-12(14)17-11/h6-7,9H,8H2,1-5H3. The van der Waals surface area contributed by atoms with Gasteiger partial charge in [-0.2, -0.15) is 0 Å². The molecule has 1 heterocycles. The molecule has 0 fully saturated rings. The molecule has 0 spiro atoms. The molecule has 1 unspecified atom stereocenters. The van der Waals surface area contributed by atoms with Gasteiger partial charge in [-0.15, -0.1) is 11.3 Å². The number of nitrogens with zero attached hydrogens (tertiary/aromatic N) is 1. The minimum Gasteiger partial charge on any atom is -0.296 e. The first-order valence-electron chi connectivity index (χ1n) is 5.70. The summed E-state index contributed by atoms with van der Waals surface area (Å²) in [4.78, 5) is 14.8. The van der Waals surface area contributed by atoms with Crippen LogP contribution in [-0.4, -0.2) is 30.3 Å². The Morgan fingerprint density at radius 3 is 2.47 bits per heavy atom. The summed E-state index contributed by atoms with van der Waals surface area (Å²) in [5.74, 6) is 0.139. The topological polar surface area (TPSA) is 20.3 Å². The van der Waals surface area contributed by atoms with Crippen molar-refractivity contribution < 1.29 is 4.79 Å². The van der Waals surface area contributed by atoms with E-state index in [1.807, 2.05) is 7.05 Å². The lowest BCUT2D eigenvalue weighted by Crippen LogP contribution is -2.41. The molecule has 0 bridgehead atoms. The lowest BCUT2D eigenvalue weighted by Gasteiger charge is -2.34. The second-order valence-electron chi connectivity index (χ2n) is 5.48. The van der Waals surface area contributed by atoms with Crippen molar-refractivity contribution in [2.45, 2.75) is 33.7 Å². The fourth-order valence-electron chi connectivity index (χ4n) is 1.57. The van der Waals surface area contributed by atoms with Gasteiger partial charge in [0, 0.05) is 6.04 Å². The van der Waals surface area contributed by atoms with Gasteiger partial charge in [-0.05, 0) is 31.5 Å². The zero-order valence-corrected chi connectivity index (χ0v) is 12.7. The maximum atomic E-state index is 12.0. The number of ketones is 1. The Balaban J connectivity index is 2.63. The first-order chi connectivity index (χ1) is 7.71. The van der Waals surface area contributed by atoms with Gasteiger partial charge in [-0.1, -0.05) is 32.4 Å². The van der Waals surface area contributed by atoms with E-state index < -0.39 is 0 Å². The Morgan fingerprint density at radius 2 is 2.06 bits per heavy atom. The molecule has 0 aliphatic heterocycles. The summed E-state index contributed by atoms with van der Waals surface area (Å²) in [6, 6.07) is 3.92. The predicted molar refractivity (Wildman–Crippen MR) is 75.2 cm³/mol. The van der Waals surface area contributed by atoms with E-state index in [0.29, 0.717) is 16.9 Å². The number of hydrogen-bond acceptors (Lipinski definition) is 3. The molecule has 1 rings (SSSR count). The van der Waals surface area contributed by atoms with Crippen molar-refractivity contribution in [2.24, 2.45) is 5.41 Å². The van der Waals surface area contributed by atoms with E-state index in [1.165, 1.54) is 11.3 Å². The van der Waals surface area contributed by atoms with Crippen LogP contribution in [0.4, 0.5) is 0 Å². The van der Waals surface area contributed by atoms with Crippen molar-refractivity contribution in [3.8, 4) is 0 Å². The number of rotatable bonds is 4. The zero-order valence-electron chi connectivity index (χ0n) is 11.1. The fraction of sp³-hybridized carbons (Fsp3) is 0.615. The first kappa shape index (κ1) is 14.7. The minimum absolute atomic E-state index is 0.139. The predicted octanol–water partition coefficient (Wildman–Crippen LogP) is 3.95. The van der Waals surface area contributed by atoms with Crippen molar-refractivity contribution in [1.29, 1.82) is 0 Å². The molecule has 0 aromatic carbocycles. The summed E-state index contributed by atoms with van der Waals surface area (Å²) in [7, 11) is 1.99. The maximum absolute atomic E-state index is 12.0. The summed E-state index contributed by atoms with van der Waals surface area (Å²) in [5, 5.41) is 0. The molecule has 1 atom stereocenters. The van der Waals surface area contributed by atoms with Crippen molar-refractivity contribution in [1.82, 2.24) is 4.90 Å². The van der Waals surface area contributed by atoms with Gasteiger partial charge in [0.25, 0.3) is 0 Å².